The summed E-state index contributed by atoms with van der Waals surface area (Å²) in [7, 11) is -2.14. The van der Waals surface area contributed by atoms with Crippen molar-refractivity contribution in [3.63, 3.8) is 0 Å². The number of thiophene rings is 1. The van der Waals surface area contributed by atoms with Crippen LogP contribution in [0, 0.1) is 0 Å². The Morgan fingerprint density at radius 1 is 1.33 bits per heavy atom. The molecule has 0 spiro atoms. The fourth-order valence-corrected chi connectivity index (χ4v) is 4.91. The summed E-state index contributed by atoms with van der Waals surface area (Å²) in [5, 5.41) is 2.00. The van der Waals surface area contributed by atoms with Crippen molar-refractivity contribution in [2.75, 3.05) is 19.4 Å². The van der Waals surface area contributed by atoms with Gasteiger partial charge in [-0.1, -0.05) is 0 Å². The standard InChI is InChI=1S/C14H16N2O3S2/c1-19-12-8-11(15)2-3-14(12)21(17,18)16-6-4-13-10(9-16)5-7-20-13/h2-3,5,7-8H,4,6,9,15H2,1H3. The fraction of sp³-hybridized carbons (Fsp3) is 0.286. The van der Waals surface area contributed by atoms with E-state index >= 15 is 0 Å². The highest BCUT2D eigenvalue weighted by molar-refractivity contribution is 7.89. The van der Waals surface area contributed by atoms with Crippen molar-refractivity contribution < 1.29 is 13.2 Å². The molecule has 7 heteroatoms. The first-order chi connectivity index (χ1) is 10.0. The molecule has 0 bridgehead atoms. The first-order valence-electron chi connectivity index (χ1n) is 6.51. The van der Waals surface area contributed by atoms with Crippen molar-refractivity contribution in [2.24, 2.45) is 0 Å². The van der Waals surface area contributed by atoms with Crippen molar-refractivity contribution in [3.05, 3.63) is 40.1 Å². The second-order valence-electron chi connectivity index (χ2n) is 4.87. The number of hydrogen-bond acceptors (Lipinski definition) is 5. The number of methoxy groups -OCH3 is 1. The number of rotatable bonds is 3. The molecule has 2 N–H and O–H groups in total. The Kier molecular flexibility index (Phi) is 3.64. The molecule has 1 aliphatic heterocycles. The summed E-state index contributed by atoms with van der Waals surface area (Å²) in [6.45, 7) is 0.901. The largest absolute Gasteiger partial charge is 0.495 e. The van der Waals surface area contributed by atoms with Gasteiger partial charge in [0.15, 0.2) is 0 Å². The number of nitrogen functional groups attached to an aromatic ring is 1. The van der Waals surface area contributed by atoms with E-state index in [0.29, 0.717) is 18.8 Å². The molecule has 1 aromatic carbocycles. The molecule has 0 fully saturated rings. The lowest BCUT2D eigenvalue weighted by Gasteiger charge is -2.26. The van der Waals surface area contributed by atoms with Gasteiger partial charge in [0.05, 0.1) is 7.11 Å². The topological polar surface area (TPSA) is 72.6 Å². The monoisotopic (exact) mass is 324 g/mol. The third-order valence-electron chi connectivity index (χ3n) is 3.58. The van der Waals surface area contributed by atoms with Gasteiger partial charge in [0, 0.05) is 29.7 Å². The van der Waals surface area contributed by atoms with Crippen LogP contribution in [0.4, 0.5) is 5.69 Å². The number of anilines is 1. The SMILES string of the molecule is COc1cc(N)ccc1S(=O)(=O)N1CCc2sccc2C1. The highest BCUT2D eigenvalue weighted by Gasteiger charge is 2.31. The van der Waals surface area contributed by atoms with Gasteiger partial charge < -0.3 is 10.5 Å². The zero-order chi connectivity index (χ0) is 15.0. The molecule has 0 amide bonds. The van der Waals surface area contributed by atoms with E-state index in [1.165, 1.54) is 28.4 Å². The zero-order valence-corrected chi connectivity index (χ0v) is 13.2. The lowest BCUT2D eigenvalue weighted by Crippen LogP contribution is -2.35. The molecule has 0 saturated carbocycles. The lowest BCUT2D eigenvalue weighted by atomic mass is 10.1. The number of ether oxygens (including phenoxy) is 1. The third kappa shape index (κ3) is 2.52. The Hall–Kier alpha value is -1.57. The molecule has 1 aliphatic rings. The quantitative estimate of drug-likeness (QED) is 0.878. The summed E-state index contributed by atoms with van der Waals surface area (Å²) in [6.07, 6.45) is 0.753. The fourth-order valence-electron chi connectivity index (χ4n) is 2.46. The molecular formula is C14H16N2O3S2. The van der Waals surface area contributed by atoms with E-state index in [9.17, 15) is 8.42 Å². The predicted octanol–water partition coefficient (Wildman–Crippen LogP) is 2.09. The maximum Gasteiger partial charge on any atom is 0.247 e. The van der Waals surface area contributed by atoms with Gasteiger partial charge in [-0.25, -0.2) is 8.42 Å². The van der Waals surface area contributed by atoms with Crippen LogP contribution in [0.5, 0.6) is 5.75 Å². The van der Waals surface area contributed by atoms with Crippen LogP contribution in [0.15, 0.2) is 34.5 Å². The van der Waals surface area contributed by atoms with Crippen LogP contribution in [-0.2, 0) is 23.0 Å². The van der Waals surface area contributed by atoms with Gasteiger partial charge in [-0.05, 0) is 35.6 Å². The second kappa shape index (κ2) is 5.32. The average Bonchev–Trinajstić information content (AvgIpc) is 2.94. The summed E-state index contributed by atoms with van der Waals surface area (Å²) in [6, 6.07) is 6.61. The van der Waals surface area contributed by atoms with E-state index in [4.69, 9.17) is 10.5 Å². The van der Waals surface area contributed by atoms with Crippen molar-refractivity contribution in [3.8, 4) is 5.75 Å². The molecule has 0 unspecified atom stereocenters. The minimum atomic E-state index is -3.58. The predicted molar refractivity (Wildman–Crippen MR) is 83.0 cm³/mol. The van der Waals surface area contributed by atoms with Crippen molar-refractivity contribution in [1.29, 1.82) is 0 Å². The van der Waals surface area contributed by atoms with Gasteiger partial charge in [-0.3, -0.25) is 0 Å². The van der Waals surface area contributed by atoms with E-state index in [-0.39, 0.29) is 10.6 Å². The summed E-state index contributed by atoms with van der Waals surface area (Å²) in [5.74, 6) is 0.283. The highest BCUT2D eigenvalue weighted by atomic mass is 32.2. The number of nitrogens with zero attached hydrogens (tertiary/aromatic N) is 1. The molecule has 0 aliphatic carbocycles. The molecule has 112 valence electrons. The molecular weight excluding hydrogens is 308 g/mol. The smallest absolute Gasteiger partial charge is 0.247 e. The molecule has 0 radical (unpaired) electrons. The lowest BCUT2D eigenvalue weighted by molar-refractivity contribution is 0.379. The van der Waals surface area contributed by atoms with E-state index < -0.39 is 10.0 Å². The molecule has 0 saturated heterocycles. The Morgan fingerprint density at radius 3 is 2.90 bits per heavy atom. The van der Waals surface area contributed by atoms with E-state index in [0.717, 1.165) is 12.0 Å². The number of benzene rings is 1. The minimum Gasteiger partial charge on any atom is -0.495 e. The van der Waals surface area contributed by atoms with Gasteiger partial charge >= 0.3 is 0 Å². The second-order valence-corrected chi connectivity index (χ2v) is 7.77. The van der Waals surface area contributed by atoms with Gasteiger partial charge in [0.2, 0.25) is 10.0 Å². The molecule has 2 aromatic rings. The maximum atomic E-state index is 12.8. The summed E-state index contributed by atoms with van der Waals surface area (Å²) >= 11 is 1.68. The maximum absolute atomic E-state index is 12.8. The van der Waals surface area contributed by atoms with Gasteiger partial charge in [0.25, 0.3) is 0 Å². The van der Waals surface area contributed by atoms with E-state index in [1.807, 2.05) is 11.4 Å². The van der Waals surface area contributed by atoms with Gasteiger partial charge in [-0.15, -0.1) is 11.3 Å². The molecule has 3 rings (SSSR count). The molecule has 21 heavy (non-hydrogen) atoms. The van der Waals surface area contributed by atoms with E-state index in [2.05, 4.69) is 0 Å². The average molecular weight is 324 g/mol. The first kappa shape index (κ1) is 14.4. The van der Waals surface area contributed by atoms with Crippen LogP contribution >= 0.6 is 11.3 Å². The normalized spacial score (nSPS) is 15.7. The number of nitrogens with two attached hydrogens (primary N) is 1. The highest BCUT2D eigenvalue weighted by Crippen LogP contribution is 2.32. The molecule has 1 aromatic heterocycles. The van der Waals surface area contributed by atoms with E-state index in [1.54, 1.807) is 17.4 Å². The Morgan fingerprint density at radius 2 is 2.14 bits per heavy atom. The minimum absolute atomic E-state index is 0.165. The summed E-state index contributed by atoms with van der Waals surface area (Å²) in [5.41, 5.74) is 7.25. The van der Waals surface area contributed by atoms with Crippen LogP contribution in [0.3, 0.4) is 0 Å². The molecule has 2 heterocycles. The Balaban J connectivity index is 1.98. The van der Waals surface area contributed by atoms with Crippen LogP contribution in [0.1, 0.15) is 10.4 Å². The van der Waals surface area contributed by atoms with Crippen LogP contribution in [-0.4, -0.2) is 26.4 Å². The third-order valence-corrected chi connectivity index (χ3v) is 6.49. The van der Waals surface area contributed by atoms with Gasteiger partial charge in [-0.2, -0.15) is 4.31 Å². The summed E-state index contributed by atoms with van der Waals surface area (Å²) < 4.78 is 32.3. The zero-order valence-electron chi connectivity index (χ0n) is 11.6. The summed E-state index contributed by atoms with van der Waals surface area (Å²) in [4.78, 5) is 1.43. The number of hydrogen-bond donors (Lipinski definition) is 1. The van der Waals surface area contributed by atoms with Gasteiger partial charge in [0.1, 0.15) is 10.6 Å². The molecule has 5 nitrogen and oxygen atoms in total. The number of sulfonamides is 1. The van der Waals surface area contributed by atoms with Crippen LogP contribution in [0.25, 0.3) is 0 Å². The Labute approximate surface area is 128 Å². The first-order valence-corrected chi connectivity index (χ1v) is 8.83. The number of fused-ring (bicyclic) bond motifs is 1. The van der Waals surface area contributed by atoms with Crippen molar-refractivity contribution >= 4 is 27.0 Å². The van der Waals surface area contributed by atoms with Crippen molar-refractivity contribution in [1.82, 2.24) is 4.31 Å². The van der Waals surface area contributed by atoms with Crippen LogP contribution < -0.4 is 10.5 Å². The van der Waals surface area contributed by atoms with Crippen LogP contribution in [0.2, 0.25) is 0 Å². The Bertz CT molecular complexity index is 768. The molecule has 0 atom stereocenters. The van der Waals surface area contributed by atoms with Crippen molar-refractivity contribution in [2.45, 2.75) is 17.9 Å².